The normalized spacial score (nSPS) is 11.3. The molecule has 22 heavy (non-hydrogen) atoms. The number of phenols is 1. The van der Waals surface area contributed by atoms with Gasteiger partial charge in [-0.25, -0.2) is 9.78 Å². The van der Waals surface area contributed by atoms with E-state index in [1.54, 1.807) is 42.5 Å². The molecular formula is C15H9ClN4O2. The molecule has 0 atom stereocenters. The number of hydrogen-bond acceptors (Lipinski definition) is 4. The third-order valence-corrected chi connectivity index (χ3v) is 3.62. The third-order valence-electron chi connectivity index (χ3n) is 3.39. The molecular weight excluding hydrogens is 304 g/mol. The van der Waals surface area contributed by atoms with Crippen LogP contribution in [0.2, 0.25) is 5.02 Å². The first-order chi connectivity index (χ1) is 10.6. The number of hydrogen-bond donors (Lipinski definition) is 2. The standard InChI is InChI=1S/C15H9ClN4O2/c16-9-3-6-12-11(7-9)14-18-13(19-20(14)15(22)17-12)8-1-4-10(21)5-2-8/h1-7,21H,(H,17,22). The summed E-state index contributed by atoms with van der Waals surface area (Å²) in [5.74, 6) is 0.556. The van der Waals surface area contributed by atoms with Gasteiger partial charge in [0.25, 0.3) is 0 Å². The largest absolute Gasteiger partial charge is 0.508 e. The lowest BCUT2D eigenvalue weighted by Gasteiger charge is -1.99. The summed E-state index contributed by atoms with van der Waals surface area (Å²) in [5, 5.41) is 14.8. The second-order valence-electron chi connectivity index (χ2n) is 4.84. The molecule has 0 spiro atoms. The Morgan fingerprint density at radius 2 is 1.91 bits per heavy atom. The first-order valence-corrected chi connectivity index (χ1v) is 6.87. The molecule has 0 saturated heterocycles. The zero-order valence-electron chi connectivity index (χ0n) is 11.1. The molecule has 0 saturated carbocycles. The quantitative estimate of drug-likeness (QED) is 0.566. The summed E-state index contributed by atoms with van der Waals surface area (Å²) < 4.78 is 1.21. The van der Waals surface area contributed by atoms with E-state index in [0.717, 1.165) is 0 Å². The number of aromatic hydroxyl groups is 1. The lowest BCUT2D eigenvalue weighted by atomic mass is 10.2. The SMILES string of the molecule is O=c1[nH]c2ccc(Cl)cc2c2nc(-c3ccc(O)cc3)nn12. The highest BCUT2D eigenvalue weighted by Gasteiger charge is 2.12. The van der Waals surface area contributed by atoms with Crippen LogP contribution in [-0.2, 0) is 0 Å². The van der Waals surface area contributed by atoms with E-state index in [-0.39, 0.29) is 11.4 Å². The van der Waals surface area contributed by atoms with E-state index in [1.165, 1.54) is 4.52 Å². The third kappa shape index (κ3) is 1.93. The van der Waals surface area contributed by atoms with Crippen molar-refractivity contribution in [3.8, 4) is 17.1 Å². The van der Waals surface area contributed by atoms with Crippen LogP contribution < -0.4 is 5.69 Å². The fraction of sp³-hybridized carbons (Fsp3) is 0. The number of nitrogens with zero attached hydrogens (tertiary/aromatic N) is 3. The van der Waals surface area contributed by atoms with Gasteiger partial charge >= 0.3 is 5.69 Å². The predicted molar refractivity (Wildman–Crippen MR) is 83.2 cm³/mol. The molecule has 4 aromatic rings. The van der Waals surface area contributed by atoms with Crippen LogP contribution in [-0.4, -0.2) is 24.7 Å². The molecule has 2 N–H and O–H groups in total. The highest BCUT2D eigenvalue weighted by molar-refractivity contribution is 6.31. The second-order valence-corrected chi connectivity index (χ2v) is 5.27. The van der Waals surface area contributed by atoms with E-state index in [0.29, 0.717) is 33.0 Å². The maximum atomic E-state index is 12.1. The van der Waals surface area contributed by atoms with Gasteiger partial charge < -0.3 is 10.1 Å². The summed E-state index contributed by atoms with van der Waals surface area (Å²) >= 11 is 6.02. The van der Waals surface area contributed by atoms with E-state index in [1.807, 2.05) is 0 Å². The molecule has 0 aliphatic rings. The lowest BCUT2D eigenvalue weighted by molar-refractivity contribution is 0.475. The van der Waals surface area contributed by atoms with Gasteiger partial charge in [-0.2, -0.15) is 4.52 Å². The fourth-order valence-corrected chi connectivity index (χ4v) is 2.51. The van der Waals surface area contributed by atoms with E-state index in [4.69, 9.17) is 11.6 Å². The zero-order valence-corrected chi connectivity index (χ0v) is 11.9. The number of phenolic OH excluding ortho intramolecular Hbond substituents is 1. The molecule has 2 aromatic carbocycles. The molecule has 7 heteroatoms. The highest BCUT2D eigenvalue weighted by atomic mass is 35.5. The van der Waals surface area contributed by atoms with Gasteiger partial charge in [0, 0.05) is 16.0 Å². The molecule has 0 radical (unpaired) electrons. The van der Waals surface area contributed by atoms with Gasteiger partial charge in [-0.15, -0.1) is 5.10 Å². The number of fused-ring (bicyclic) bond motifs is 3. The van der Waals surface area contributed by atoms with Crippen molar-refractivity contribution in [3.63, 3.8) is 0 Å². The molecule has 6 nitrogen and oxygen atoms in total. The molecule has 0 bridgehead atoms. The summed E-state index contributed by atoms with van der Waals surface area (Å²) in [5.41, 5.74) is 1.41. The van der Waals surface area contributed by atoms with Gasteiger partial charge in [-0.3, -0.25) is 0 Å². The number of aromatic nitrogens is 4. The minimum Gasteiger partial charge on any atom is -0.508 e. The van der Waals surface area contributed by atoms with Crippen LogP contribution in [0, 0.1) is 0 Å². The Morgan fingerprint density at radius 3 is 2.68 bits per heavy atom. The number of aromatic amines is 1. The molecule has 108 valence electrons. The summed E-state index contributed by atoms with van der Waals surface area (Å²) in [6, 6.07) is 11.6. The minimum absolute atomic E-state index is 0.155. The van der Waals surface area contributed by atoms with Crippen molar-refractivity contribution < 1.29 is 5.11 Å². The van der Waals surface area contributed by atoms with Gasteiger partial charge in [-0.05, 0) is 42.5 Å². The highest BCUT2D eigenvalue weighted by Crippen LogP contribution is 2.23. The Balaban J connectivity index is 2.06. The Bertz CT molecular complexity index is 1070. The Morgan fingerprint density at radius 1 is 1.14 bits per heavy atom. The Kier molecular flexibility index (Phi) is 2.67. The molecule has 0 aliphatic heterocycles. The van der Waals surface area contributed by atoms with Crippen molar-refractivity contribution in [1.29, 1.82) is 0 Å². The Labute approximate surface area is 128 Å². The van der Waals surface area contributed by atoms with Crippen LogP contribution in [0.1, 0.15) is 0 Å². The van der Waals surface area contributed by atoms with E-state index in [9.17, 15) is 9.90 Å². The van der Waals surface area contributed by atoms with E-state index >= 15 is 0 Å². The predicted octanol–water partition coefficient (Wildman–Crippen LogP) is 2.60. The average molecular weight is 313 g/mol. The molecule has 2 heterocycles. The average Bonchev–Trinajstić information content (AvgIpc) is 2.95. The number of halogens is 1. The van der Waals surface area contributed by atoms with E-state index in [2.05, 4.69) is 15.1 Å². The van der Waals surface area contributed by atoms with Crippen molar-refractivity contribution >= 4 is 28.2 Å². The monoisotopic (exact) mass is 312 g/mol. The molecule has 2 aromatic heterocycles. The number of rotatable bonds is 1. The summed E-state index contributed by atoms with van der Waals surface area (Å²) in [4.78, 5) is 19.3. The van der Waals surface area contributed by atoms with Crippen LogP contribution in [0.25, 0.3) is 27.9 Å². The molecule has 0 fully saturated rings. The van der Waals surface area contributed by atoms with Gasteiger partial charge in [0.1, 0.15) is 5.75 Å². The van der Waals surface area contributed by atoms with Crippen molar-refractivity contribution in [2.24, 2.45) is 0 Å². The number of nitrogens with one attached hydrogen (secondary N) is 1. The van der Waals surface area contributed by atoms with Crippen LogP contribution in [0.15, 0.2) is 47.3 Å². The number of benzene rings is 2. The fourth-order valence-electron chi connectivity index (χ4n) is 2.34. The zero-order chi connectivity index (χ0) is 15.3. The first-order valence-electron chi connectivity index (χ1n) is 6.49. The van der Waals surface area contributed by atoms with E-state index < -0.39 is 0 Å². The topological polar surface area (TPSA) is 83.3 Å². The molecule has 4 rings (SSSR count). The first kappa shape index (κ1) is 12.8. The lowest BCUT2D eigenvalue weighted by Crippen LogP contribution is -2.17. The van der Waals surface area contributed by atoms with Gasteiger partial charge in [0.05, 0.1) is 5.52 Å². The van der Waals surface area contributed by atoms with Gasteiger partial charge in [0.15, 0.2) is 11.5 Å². The van der Waals surface area contributed by atoms with Crippen molar-refractivity contribution in [3.05, 3.63) is 58.0 Å². The van der Waals surface area contributed by atoms with Crippen LogP contribution in [0.3, 0.4) is 0 Å². The molecule has 0 aliphatic carbocycles. The maximum absolute atomic E-state index is 12.1. The van der Waals surface area contributed by atoms with Gasteiger partial charge in [0.2, 0.25) is 0 Å². The summed E-state index contributed by atoms with van der Waals surface area (Å²) in [7, 11) is 0. The summed E-state index contributed by atoms with van der Waals surface area (Å²) in [6.45, 7) is 0. The van der Waals surface area contributed by atoms with Gasteiger partial charge in [-0.1, -0.05) is 11.6 Å². The minimum atomic E-state index is -0.373. The van der Waals surface area contributed by atoms with Crippen LogP contribution in [0.4, 0.5) is 0 Å². The molecule has 0 unspecified atom stereocenters. The van der Waals surface area contributed by atoms with Crippen molar-refractivity contribution in [1.82, 2.24) is 19.6 Å². The Hall–Kier alpha value is -2.86. The molecule has 0 amide bonds. The smallest absolute Gasteiger partial charge is 0.348 e. The number of H-pyrrole nitrogens is 1. The summed E-state index contributed by atoms with van der Waals surface area (Å²) in [6.07, 6.45) is 0. The van der Waals surface area contributed by atoms with Crippen LogP contribution >= 0.6 is 11.6 Å². The maximum Gasteiger partial charge on any atom is 0.348 e. The second kappa shape index (κ2) is 4.57. The van der Waals surface area contributed by atoms with Crippen molar-refractivity contribution in [2.75, 3.05) is 0 Å². The van der Waals surface area contributed by atoms with Crippen LogP contribution in [0.5, 0.6) is 5.75 Å². The van der Waals surface area contributed by atoms with Crippen molar-refractivity contribution in [2.45, 2.75) is 0 Å².